The summed E-state index contributed by atoms with van der Waals surface area (Å²) in [5, 5.41) is 14.7. The van der Waals surface area contributed by atoms with Crippen molar-refractivity contribution in [3.63, 3.8) is 0 Å². The van der Waals surface area contributed by atoms with Gasteiger partial charge < -0.3 is 10.2 Å². The van der Waals surface area contributed by atoms with Gasteiger partial charge in [0.05, 0.1) is 23.1 Å². The number of aromatic nitrogens is 4. The van der Waals surface area contributed by atoms with Crippen molar-refractivity contribution in [2.24, 2.45) is 0 Å². The molecule has 2 N–H and O–H groups in total. The van der Waals surface area contributed by atoms with Crippen molar-refractivity contribution in [2.75, 3.05) is 6.54 Å². The monoisotopic (exact) mass is 364 g/mol. The van der Waals surface area contributed by atoms with Crippen LogP contribution in [0.2, 0.25) is 0 Å². The fourth-order valence-electron chi connectivity index (χ4n) is 3.60. The minimum Gasteiger partial charge on any atom is -0.334 e. The summed E-state index contributed by atoms with van der Waals surface area (Å²) in [5.41, 5.74) is 3.94. The Balaban J connectivity index is 1.44. The number of hydrogen-bond acceptors (Lipinski definition) is 3. The maximum atomic E-state index is 12.8. The van der Waals surface area contributed by atoms with Crippen molar-refractivity contribution in [3.8, 4) is 5.69 Å². The summed E-state index contributed by atoms with van der Waals surface area (Å²) in [6, 6.07) is 11.9. The number of hydrogen-bond donors (Lipinski definition) is 2. The van der Waals surface area contributed by atoms with Crippen LogP contribution in [0.25, 0.3) is 5.69 Å². The molecule has 1 aromatic carbocycles. The van der Waals surface area contributed by atoms with E-state index in [1.807, 2.05) is 59.1 Å². The third-order valence-corrected chi connectivity index (χ3v) is 5.10. The maximum Gasteiger partial charge on any atom is 0.318 e. The van der Waals surface area contributed by atoms with Crippen LogP contribution in [0.15, 0.2) is 48.8 Å². The number of aryl methyl sites for hydroxylation is 1. The van der Waals surface area contributed by atoms with E-state index >= 15 is 0 Å². The van der Waals surface area contributed by atoms with Crippen molar-refractivity contribution in [1.29, 1.82) is 0 Å². The molecule has 3 heterocycles. The molecule has 1 unspecified atom stereocenters. The van der Waals surface area contributed by atoms with Gasteiger partial charge in [-0.25, -0.2) is 9.48 Å². The minimum absolute atomic E-state index is 0.0406. The minimum atomic E-state index is -0.0406. The number of H-pyrrole nitrogens is 1. The van der Waals surface area contributed by atoms with E-state index in [0.29, 0.717) is 6.54 Å². The number of amides is 2. The number of nitrogens with one attached hydrogen (secondary N) is 2. The molecule has 1 saturated heterocycles. The molecule has 3 aromatic rings. The quantitative estimate of drug-likeness (QED) is 0.745. The Morgan fingerprint density at radius 2 is 2.11 bits per heavy atom. The molecule has 0 aliphatic carbocycles. The maximum absolute atomic E-state index is 12.8. The van der Waals surface area contributed by atoms with Crippen LogP contribution in [0.5, 0.6) is 0 Å². The van der Waals surface area contributed by atoms with Gasteiger partial charge in [0.25, 0.3) is 0 Å². The van der Waals surface area contributed by atoms with Crippen molar-refractivity contribution >= 4 is 6.03 Å². The molecule has 27 heavy (non-hydrogen) atoms. The number of likely N-dealkylation sites (tertiary alicyclic amines) is 1. The van der Waals surface area contributed by atoms with E-state index in [-0.39, 0.29) is 12.1 Å². The fourth-order valence-corrected chi connectivity index (χ4v) is 3.60. The lowest BCUT2D eigenvalue weighted by molar-refractivity contribution is 0.149. The highest BCUT2D eigenvalue weighted by Gasteiger charge is 2.28. The normalized spacial score (nSPS) is 17.1. The molecule has 7 nitrogen and oxygen atoms in total. The van der Waals surface area contributed by atoms with E-state index in [4.69, 9.17) is 0 Å². The van der Waals surface area contributed by atoms with E-state index in [0.717, 1.165) is 48.4 Å². The predicted octanol–water partition coefficient (Wildman–Crippen LogP) is 3.34. The first-order valence-corrected chi connectivity index (χ1v) is 9.36. The van der Waals surface area contributed by atoms with Gasteiger partial charge in [0.15, 0.2) is 0 Å². The van der Waals surface area contributed by atoms with Gasteiger partial charge >= 0.3 is 6.03 Å². The van der Waals surface area contributed by atoms with Crippen molar-refractivity contribution in [3.05, 3.63) is 65.7 Å². The first kappa shape index (κ1) is 17.3. The number of urea groups is 1. The Bertz CT molecular complexity index is 887. The van der Waals surface area contributed by atoms with Crippen LogP contribution >= 0.6 is 0 Å². The summed E-state index contributed by atoms with van der Waals surface area (Å²) in [4.78, 5) is 14.7. The van der Waals surface area contributed by atoms with E-state index in [1.54, 1.807) is 6.20 Å². The Morgan fingerprint density at radius 3 is 2.89 bits per heavy atom. The predicted molar refractivity (Wildman–Crippen MR) is 102 cm³/mol. The summed E-state index contributed by atoms with van der Waals surface area (Å²) >= 11 is 0. The topological polar surface area (TPSA) is 78.8 Å². The number of aromatic amines is 1. The molecule has 0 bridgehead atoms. The Hall–Kier alpha value is -3.09. The second kappa shape index (κ2) is 7.65. The molecule has 140 valence electrons. The van der Waals surface area contributed by atoms with Crippen molar-refractivity contribution < 1.29 is 4.79 Å². The zero-order chi connectivity index (χ0) is 18.6. The molecular weight excluding hydrogens is 340 g/mol. The van der Waals surface area contributed by atoms with Gasteiger partial charge in [-0.05, 0) is 44.4 Å². The highest BCUT2D eigenvalue weighted by molar-refractivity contribution is 5.74. The zero-order valence-corrected chi connectivity index (χ0v) is 15.4. The van der Waals surface area contributed by atoms with Gasteiger partial charge in [0.1, 0.15) is 0 Å². The molecule has 0 radical (unpaired) electrons. The Kier molecular flexibility index (Phi) is 4.91. The number of para-hydroxylation sites is 1. The number of carbonyl (C=O) groups is 1. The fraction of sp³-hybridized carbons (Fsp3) is 0.350. The molecule has 2 amide bonds. The average Bonchev–Trinajstić information content (AvgIpc) is 3.37. The van der Waals surface area contributed by atoms with Crippen LogP contribution in [0, 0.1) is 6.92 Å². The summed E-state index contributed by atoms with van der Waals surface area (Å²) in [6.07, 6.45) is 6.83. The van der Waals surface area contributed by atoms with Crippen LogP contribution in [-0.4, -0.2) is 37.5 Å². The summed E-state index contributed by atoms with van der Waals surface area (Å²) in [6.45, 7) is 3.19. The number of piperidine rings is 1. The third kappa shape index (κ3) is 3.72. The van der Waals surface area contributed by atoms with Crippen LogP contribution < -0.4 is 5.32 Å². The standard InChI is InChI=1S/C20H24N6O/c1-15-16(14-26(24-15)17-7-3-2-4-8-17)13-21-20(27)25-12-6-5-9-19(25)18-10-11-22-23-18/h2-4,7-8,10-11,14,19H,5-6,9,12-13H2,1H3,(H,21,27)(H,22,23). The highest BCUT2D eigenvalue weighted by atomic mass is 16.2. The van der Waals surface area contributed by atoms with E-state index < -0.39 is 0 Å². The second-order valence-corrected chi connectivity index (χ2v) is 6.90. The smallest absolute Gasteiger partial charge is 0.318 e. The van der Waals surface area contributed by atoms with Crippen molar-refractivity contribution in [2.45, 2.75) is 38.8 Å². The van der Waals surface area contributed by atoms with Crippen LogP contribution in [0.4, 0.5) is 4.79 Å². The average molecular weight is 364 g/mol. The molecule has 0 saturated carbocycles. The molecular formula is C20H24N6O. The molecule has 4 rings (SSSR count). The van der Waals surface area contributed by atoms with Gasteiger partial charge in [0, 0.05) is 31.0 Å². The number of benzene rings is 1. The van der Waals surface area contributed by atoms with Gasteiger partial charge in [0.2, 0.25) is 0 Å². The van der Waals surface area contributed by atoms with Gasteiger partial charge in [-0.2, -0.15) is 10.2 Å². The van der Waals surface area contributed by atoms with Crippen LogP contribution in [0.3, 0.4) is 0 Å². The second-order valence-electron chi connectivity index (χ2n) is 6.90. The number of nitrogens with zero attached hydrogens (tertiary/aromatic N) is 4. The van der Waals surface area contributed by atoms with E-state index in [1.165, 1.54) is 0 Å². The molecule has 2 aromatic heterocycles. The summed E-state index contributed by atoms with van der Waals surface area (Å²) < 4.78 is 1.85. The lowest BCUT2D eigenvalue weighted by atomic mass is 10.00. The third-order valence-electron chi connectivity index (χ3n) is 5.10. The lowest BCUT2D eigenvalue weighted by Gasteiger charge is -2.35. The van der Waals surface area contributed by atoms with E-state index in [2.05, 4.69) is 20.6 Å². The molecule has 1 aliphatic rings. The first-order valence-electron chi connectivity index (χ1n) is 9.36. The molecule has 0 spiro atoms. The first-order chi connectivity index (χ1) is 13.2. The summed E-state index contributed by atoms with van der Waals surface area (Å²) in [7, 11) is 0. The molecule has 1 aliphatic heterocycles. The molecule has 1 atom stereocenters. The Labute approximate surface area is 158 Å². The molecule has 1 fully saturated rings. The number of carbonyl (C=O) groups excluding carboxylic acids is 1. The Morgan fingerprint density at radius 1 is 1.26 bits per heavy atom. The molecule has 7 heteroatoms. The van der Waals surface area contributed by atoms with Gasteiger partial charge in [-0.1, -0.05) is 18.2 Å². The van der Waals surface area contributed by atoms with Gasteiger partial charge in [-0.15, -0.1) is 0 Å². The van der Waals surface area contributed by atoms with E-state index in [9.17, 15) is 4.79 Å². The zero-order valence-electron chi connectivity index (χ0n) is 15.4. The SMILES string of the molecule is Cc1nn(-c2ccccc2)cc1CNC(=O)N1CCCCC1c1ccn[nH]1. The lowest BCUT2D eigenvalue weighted by Crippen LogP contribution is -2.44. The van der Waals surface area contributed by atoms with Crippen LogP contribution in [-0.2, 0) is 6.54 Å². The van der Waals surface area contributed by atoms with Crippen molar-refractivity contribution in [1.82, 2.24) is 30.2 Å². The van der Waals surface area contributed by atoms with Gasteiger partial charge in [-0.3, -0.25) is 5.10 Å². The summed E-state index contributed by atoms with van der Waals surface area (Å²) in [5.74, 6) is 0. The van der Waals surface area contributed by atoms with Crippen LogP contribution in [0.1, 0.15) is 42.3 Å². The highest BCUT2D eigenvalue weighted by Crippen LogP contribution is 2.29. The number of rotatable bonds is 4. The largest absolute Gasteiger partial charge is 0.334 e.